The molecule has 0 aliphatic rings. The van der Waals surface area contributed by atoms with Gasteiger partial charge in [0.1, 0.15) is 0 Å². The van der Waals surface area contributed by atoms with Crippen LogP contribution in [0.15, 0.2) is 218 Å². The number of hydrogen-bond acceptors (Lipinski definition) is 1. The Kier molecular flexibility index (Phi) is 7.86. The molecule has 0 aliphatic carbocycles. The molecule has 11 rings (SSSR count). The minimum absolute atomic E-state index is 0.925. The fourth-order valence-corrected chi connectivity index (χ4v) is 8.63. The highest BCUT2D eigenvalue weighted by molar-refractivity contribution is 6.14. The van der Waals surface area contributed by atoms with Crippen molar-refractivity contribution in [3.63, 3.8) is 0 Å². The molecule has 2 aromatic heterocycles. The number of pyridine rings is 1. The van der Waals surface area contributed by atoms with E-state index >= 15 is 0 Å². The molecule has 0 fully saturated rings. The Bertz CT molecular complexity index is 3210. The third-order valence-electron chi connectivity index (χ3n) is 11.3. The highest BCUT2D eigenvalue weighted by atomic mass is 15.0. The molecule has 2 nitrogen and oxygen atoms in total. The third-order valence-corrected chi connectivity index (χ3v) is 11.3. The summed E-state index contributed by atoms with van der Waals surface area (Å²) in [5.41, 5.74) is 14.4. The fourth-order valence-electron chi connectivity index (χ4n) is 8.63. The summed E-state index contributed by atoms with van der Waals surface area (Å²) < 4.78 is 2.45. The maximum Gasteiger partial charge on any atom is 0.0716 e. The van der Waals surface area contributed by atoms with Crippen molar-refractivity contribution in [1.82, 2.24) is 9.55 Å². The second kappa shape index (κ2) is 13.6. The molecule has 0 bridgehead atoms. The number of fused-ring (bicyclic) bond motifs is 6. The molecule has 2 heteroatoms. The molecule has 0 atom stereocenters. The summed E-state index contributed by atoms with van der Waals surface area (Å²) in [6, 6.07) is 78.9. The zero-order valence-electron chi connectivity index (χ0n) is 31.2. The number of hydrogen-bond donors (Lipinski definition) is 0. The molecule has 0 unspecified atom stereocenters. The Morgan fingerprint density at radius 1 is 0.281 bits per heavy atom. The molecule has 0 saturated heterocycles. The first kappa shape index (κ1) is 32.8. The average molecular weight is 725 g/mol. The van der Waals surface area contributed by atoms with Gasteiger partial charge in [-0.05, 0) is 103 Å². The first-order valence-electron chi connectivity index (χ1n) is 19.5. The predicted molar refractivity (Wildman–Crippen MR) is 241 cm³/mol. The number of aromatic nitrogens is 2. The SMILES string of the molecule is c1ccc(-c2cc(-c3ccccc3)nc(-c3cc(-c4cc5ccccc5c5ccccc45)cc(-n4c5ccccc5c5ccc(-c6ccccc6)cc54)c3)c2)cc1. The minimum Gasteiger partial charge on any atom is -0.309 e. The smallest absolute Gasteiger partial charge is 0.0716 e. The van der Waals surface area contributed by atoms with Gasteiger partial charge in [-0.25, -0.2) is 4.98 Å². The normalized spacial score (nSPS) is 11.5. The standard InChI is InChI=1S/C55H36N2/c1-4-16-37(17-5-1)40-28-29-50-49-26-14-15-27-54(49)57(55(50)36-40)45-31-43(51-33-41-22-10-11-23-46(41)47-24-12-13-25-48(47)51)30-44(32-45)53-35-42(38-18-6-2-7-19-38)34-52(56-53)39-20-8-3-9-21-39/h1-36H. The van der Waals surface area contributed by atoms with E-state index in [0.717, 1.165) is 44.9 Å². The Morgan fingerprint density at radius 2 is 0.825 bits per heavy atom. The van der Waals surface area contributed by atoms with Gasteiger partial charge < -0.3 is 4.57 Å². The maximum absolute atomic E-state index is 5.44. The number of para-hydroxylation sites is 1. The first-order chi connectivity index (χ1) is 28.2. The molecule has 0 saturated carbocycles. The largest absolute Gasteiger partial charge is 0.309 e. The van der Waals surface area contributed by atoms with Crippen molar-refractivity contribution in [3.8, 4) is 61.6 Å². The summed E-state index contributed by atoms with van der Waals surface area (Å²) in [6.07, 6.45) is 0. The van der Waals surface area contributed by atoms with Crippen LogP contribution in [0.1, 0.15) is 0 Å². The summed E-state index contributed by atoms with van der Waals surface area (Å²) in [5.74, 6) is 0. The van der Waals surface area contributed by atoms with Gasteiger partial charge >= 0.3 is 0 Å². The van der Waals surface area contributed by atoms with Crippen LogP contribution in [0.2, 0.25) is 0 Å². The Morgan fingerprint density at radius 3 is 1.56 bits per heavy atom. The van der Waals surface area contributed by atoms with Crippen LogP contribution in [-0.4, -0.2) is 9.55 Å². The Labute approximate surface area is 331 Å². The van der Waals surface area contributed by atoms with E-state index in [0.29, 0.717) is 0 Å². The van der Waals surface area contributed by atoms with Crippen molar-refractivity contribution >= 4 is 43.4 Å². The molecule has 2 heterocycles. The third kappa shape index (κ3) is 5.78. The summed E-state index contributed by atoms with van der Waals surface area (Å²) in [4.78, 5) is 5.44. The van der Waals surface area contributed by atoms with Crippen molar-refractivity contribution in [3.05, 3.63) is 218 Å². The van der Waals surface area contributed by atoms with E-state index < -0.39 is 0 Å². The lowest BCUT2D eigenvalue weighted by Crippen LogP contribution is -1.98. The molecule has 0 radical (unpaired) electrons. The maximum atomic E-state index is 5.44. The van der Waals surface area contributed by atoms with E-state index in [1.807, 2.05) is 0 Å². The number of benzene rings is 9. The zero-order valence-corrected chi connectivity index (χ0v) is 31.2. The van der Waals surface area contributed by atoms with Gasteiger partial charge in [0.2, 0.25) is 0 Å². The molecule has 0 amide bonds. The van der Waals surface area contributed by atoms with Crippen molar-refractivity contribution in [2.45, 2.75) is 0 Å². The highest BCUT2D eigenvalue weighted by Gasteiger charge is 2.18. The van der Waals surface area contributed by atoms with Crippen LogP contribution in [-0.2, 0) is 0 Å². The van der Waals surface area contributed by atoms with Gasteiger partial charge in [0.15, 0.2) is 0 Å². The van der Waals surface area contributed by atoms with E-state index in [-0.39, 0.29) is 0 Å². The molecular weight excluding hydrogens is 689 g/mol. The van der Waals surface area contributed by atoms with E-state index in [4.69, 9.17) is 4.98 Å². The van der Waals surface area contributed by atoms with E-state index in [2.05, 4.69) is 223 Å². The lowest BCUT2D eigenvalue weighted by atomic mass is 9.91. The van der Waals surface area contributed by atoms with Crippen molar-refractivity contribution in [1.29, 1.82) is 0 Å². The van der Waals surface area contributed by atoms with Gasteiger partial charge in [0.05, 0.1) is 22.4 Å². The molecule has 266 valence electrons. The topological polar surface area (TPSA) is 17.8 Å². The van der Waals surface area contributed by atoms with E-state index in [1.165, 1.54) is 60.0 Å². The molecule has 57 heavy (non-hydrogen) atoms. The van der Waals surface area contributed by atoms with Crippen LogP contribution in [0.25, 0.3) is 105 Å². The molecule has 0 spiro atoms. The summed E-state index contributed by atoms with van der Waals surface area (Å²) in [6.45, 7) is 0. The quantitative estimate of drug-likeness (QED) is 0.156. The van der Waals surface area contributed by atoms with Gasteiger partial charge in [0.25, 0.3) is 0 Å². The van der Waals surface area contributed by atoms with Crippen molar-refractivity contribution < 1.29 is 0 Å². The molecular formula is C55H36N2. The minimum atomic E-state index is 0.925. The van der Waals surface area contributed by atoms with Gasteiger partial charge in [-0.1, -0.05) is 170 Å². The van der Waals surface area contributed by atoms with Crippen LogP contribution in [0, 0.1) is 0 Å². The van der Waals surface area contributed by atoms with Crippen LogP contribution in [0.3, 0.4) is 0 Å². The van der Waals surface area contributed by atoms with E-state index in [9.17, 15) is 0 Å². The summed E-state index contributed by atoms with van der Waals surface area (Å²) >= 11 is 0. The molecule has 9 aromatic carbocycles. The van der Waals surface area contributed by atoms with Crippen molar-refractivity contribution in [2.75, 3.05) is 0 Å². The van der Waals surface area contributed by atoms with Gasteiger partial charge in [-0.15, -0.1) is 0 Å². The Hall–Kier alpha value is -7.55. The van der Waals surface area contributed by atoms with Gasteiger partial charge in [-0.2, -0.15) is 0 Å². The Balaban J connectivity index is 1.23. The summed E-state index contributed by atoms with van der Waals surface area (Å²) in [7, 11) is 0. The molecule has 0 N–H and O–H groups in total. The average Bonchev–Trinajstić information content (AvgIpc) is 3.63. The van der Waals surface area contributed by atoms with Crippen LogP contribution >= 0.6 is 0 Å². The van der Waals surface area contributed by atoms with Crippen LogP contribution in [0.4, 0.5) is 0 Å². The first-order valence-corrected chi connectivity index (χ1v) is 19.5. The van der Waals surface area contributed by atoms with Crippen LogP contribution in [0.5, 0.6) is 0 Å². The second-order valence-corrected chi connectivity index (χ2v) is 14.8. The summed E-state index contributed by atoms with van der Waals surface area (Å²) in [5, 5.41) is 7.41. The van der Waals surface area contributed by atoms with Gasteiger partial charge in [-0.3, -0.25) is 0 Å². The predicted octanol–water partition coefficient (Wildman–Crippen LogP) is 14.8. The zero-order chi connectivity index (χ0) is 37.7. The monoisotopic (exact) mass is 724 g/mol. The van der Waals surface area contributed by atoms with Crippen LogP contribution < -0.4 is 0 Å². The molecule has 11 aromatic rings. The second-order valence-electron chi connectivity index (χ2n) is 14.8. The van der Waals surface area contributed by atoms with Crippen molar-refractivity contribution in [2.24, 2.45) is 0 Å². The number of rotatable bonds is 6. The lowest BCUT2D eigenvalue weighted by molar-refractivity contribution is 1.18. The van der Waals surface area contributed by atoms with E-state index in [1.54, 1.807) is 0 Å². The fraction of sp³-hybridized carbons (Fsp3) is 0. The molecule has 0 aliphatic heterocycles. The highest BCUT2D eigenvalue weighted by Crippen LogP contribution is 2.41. The van der Waals surface area contributed by atoms with Gasteiger partial charge in [0, 0.05) is 27.6 Å². The lowest BCUT2D eigenvalue weighted by Gasteiger charge is -2.17. The number of nitrogens with zero attached hydrogens (tertiary/aromatic N) is 2.